The predicted octanol–water partition coefficient (Wildman–Crippen LogP) is 1.90. The number of hydrogen-bond acceptors (Lipinski definition) is 3. The molecule has 2 aromatic rings. The van der Waals surface area contributed by atoms with Crippen LogP contribution in [0.5, 0.6) is 5.75 Å². The molecular weight excluding hydrogens is 238 g/mol. The molecule has 98 valence electrons. The molecule has 4 rings (SSSR count). The molecule has 0 fully saturated rings. The number of nitrogens with zero attached hydrogens (tertiary/aromatic N) is 2. The van der Waals surface area contributed by atoms with Crippen molar-refractivity contribution in [1.29, 1.82) is 0 Å². The van der Waals surface area contributed by atoms with E-state index in [-0.39, 0.29) is 0 Å². The van der Waals surface area contributed by atoms with Gasteiger partial charge in [-0.1, -0.05) is 18.2 Å². The molecule has 4 nitrogen and oxygen atoms in total. The zero-order valence-electron chi connectivity index (χ0n) is 10.8. The van der Waals surface area contributed by atoms with E-state index in [1.54, 1.807) is 0 Å². The van der Waals surface area contributed by atoms with Gasteiger partial charge in [-0.25, -0.2) is 4.98 Å². The highest BCUT2D eigenvalue weighted by molar-refractivity contribution is 5.38. The maximum atomic E-state index is 5.75. The normalized spacial score (nSPS) is 21.4. The Bertz CT molecular complexity index is 605. The van der Waals surface area contributed by atoms with E-state index in [4.69, 9.17) is 4.74 Å². The number of rotatable bonds is 1. The Kier molecular flexibility index (Phi) is 2.55. The van der Waals surface area contributed by atoms with Crippen LogP contribution in [-0.4, -0.2) is 22.7 Å². The summed E-state index contributed by atoms with van der Waals surface area (Å²) in [6, 6.07) is 8.73. The van der Waals surface area contributed by atoms with Crippen LogP contribution in [0.25, 0.3) is 0 Å². The predicted molar refractivity (Wildman–Crippen MR) is 72.3 cm³/mol. The summed E-state index contributed by atoms with van der Waals surface area (Å²) in [5, 5.41) is 3.38. The SMILES string of the molecule is c1ccc2c(c1)OCCC2n1cnc2c1CCNC2. The monoisotopic (exact) mass is 255 g/mol. The van der Waals surface area contributed by atoms with Gasteiger partial charge in [0.25, 0.3) is 0 Å². The molecule has 1 aromatic heterocycles. The molecule has 0 saturated carbocycles. The highest BCUT2D eigenvalue weighted by Gasteiger charge is 2.26. The molecule has 2 aliphatic heterocycles. The summed E-state index contributed by atoms with van der Waals surface area (Å²) >= 11 is 0. The number of benzene rings is 1. The van der Waals surface area contributed by atoms with Crippen LogP contribution in [0.2, 0.25) is 0 Å². The Morgan fingerprint density at radius 2 is 2.26 bits per heavy atom. The second-order valence-corrected chi connectivity index (χ2v) is 5.16. The minimum atomic E-state index is 0.374. The van der Waals surface area contributed by atoms with Crippen molar-refractivity contribution in [1.82, 2.24) is 14.9 Å². The lowest BCUT2D eigenvalue weighted by atomic mass is 9.99. The molecule has 1 unspecified atom stereocenters. The molecule has 3 heterocycles. The number of ether oxygens (including phenoxy) is 1. The highest BCUT2D eigenvalue weighted by atomic mass is 16.5. The summed E-state index contributed by atoms with van der Waals surface area (Å²) in [7, 11) is 0. The molecule has 2 aliphatic rings. The van der Waals surface area contributed by atoms with Gasteiger partial charge in [0.05, 0.1) is 24.7 Å². The third kappa shape index (κ3) is 1.75. The Morgan fingerprint density at radius 3 is 3.26 bits per heavy atom. The summed E-state index contributed by atoms with van der Waals surface area (Å²) < 4.78 is 8.11. The van der Waals surface area contributed by atoms with Gasteiger partial charge in [-0.05, 0) is 6.07 Å². The van der Waals surface area contributed by atoms with Crippen molar-refractivity contribution >= 4 is 0 Å². The molecule has 1 aromatic carbocycles. The maximum Gasteiger partial charge on any atom is 0.124 e. The van der Waals surface area contributed by atoms with Crippen molar-refractivity contribution in [2.24, 2.45) is 0 Å². The zero-order chi connectivity index (χ0) is 12.7. The molecule has 0 amide bonds. The summed E-state index contributed by atoms with van der Waals surface area (Å²) in [4.78, 5) is 4.56. The Balaban J connectivity index is 1.79. The molecule has 0 spiro atoms. The first-order valence-electron chi connectivity index (χ1n) is 6.90. The van der Waals surface area contributed by atoms with Crippen molar-refractivity contribution < 1.29 is 4.74 Å². The summed E-state index contributed by atoms with van der Waals surface area (Å²) in [6.07, 6.45) is 4.09. The third-order valence-electron chi connectivity index (χ3n) is 4.08. The fraction of sp³-hybridized carbons (Fsp3) is 0.400. The Hall–Kier alpha value is -1.81. The van der Waals surface area contributed by atoms with E-state index >= 15 is 0 Å². The fourth-order valence-electron chi connectivity index (χ4n) is 3.14. The minimum absolute atomic E-state index is 0.374. The van der Waals surface area contributed by atoms with Crippen LogP contribution in [0, 0.1) is 0 Å². The molecule has 1 atom stereocenters. The van der Waals surface area contributed by atoms with Crippen LogP contribution in [0.3, 0.4) is 0 Å². The highest BCUT2D eigenvalue weighted by Crippen LogP contribution is 2.35. The standard InChI is InChI=1S/C15H17N3O/c1-2-4-15-11(3-1)13(6-8-19-15)18-10-17-12-9-16-7-5-14(12)18/h1-4,10,13,16H,5-9H2. The summed E-state index contributed by atoms with van der Waals surface area (Å²) in [6.45, 7) is 2.73. The maximum absolute atomic E-state index is 5.75. The van der Waals surface area contributed by atoms with Crippen molar-refractivity contribution in [2.45, 2.75) is 25.4 Å². The molecule has 0 bridgehead atoms. The van der Waals surface area contributed by atoms with Crippen LogP contribution < -0.4 is 10.1 Å². The average molecular weight is 255 g/mol. The van der Waals surface area contributed by atoms with Crippen LogP contribution in [0.15, 0.2) is 30.6 Å². The van der Waals surface area contributed by atoms with Gasteiger partial charge in [0.15, 0.2) is 0 Å². The van der Waals surface area contributed by atoms with E-state index in [1.807, 2.05) is 12.4 Å². The van der Waals surface area contributed by atoms with E-state index < -0.39 is 0 Å². The molecule has 0 aliphatic carbocycles. The van der Waals surface area contributed by atoms with E-state index in [0.29, 0.717) is 6.04 Å². The lowest BCUT2D eigenvalue weighted by Crippen LogP contribution is -2.27. The van der Waals surface area contributed by atoms with Crippen LogP contribution in [0.4, 0.5) is 0 Å². The second kappa shape index (κ2) is 4.38. The van der Waals surface area contributed by atoms with Crippen LogP contribution in [-0.2, 0) is 13.0 Å². The van der Waals surface area contributed by atoms with Gasteiger partial charge in [-0.3, -0.25) is 0 Å². The Labute approximate surface area is 112 Å². The number of fused-ring (bicyclic) bond motifs is 2. The summed E-state index contributed by atoms with van der Waals surface area (Å²) in [5.41, 5.74) is 3.88. The van der Waals surface area contributed by atoms with Crippen LogP contribution >= 0.6 is 0 Å². The largest absolute Gasteiger partial charge is 0.493 e. The number of para-hydroxylation sites is 1. The lowest BCUT2D eigenvalue weighted by molar-refractivity contribution is 0.254. The molecular formula is C15H17N3O. The first-order valence-corrected chi connectivity index (χ1v) is 6.90. The van der Waals surface area contributed by atoms with Gasteiger partial charge in [-0.2, -0.15) is 0 Å². The van der Waals surface area contributed by atoms with Crippen molar-refractivity contribution in [3.8, 4) is 5.75 Å². The topological polar surface area (TPSA) is 39.1 Å². The van der Waals surface area contributed by atoms with Crippen molar-refractivity contribution in [2.75, 3.05) is 13.2 Å². The number of aromatic nitrogens is 2. The van der Waals surface area contributed by atoms with Gasteiger partial charge in [0.2, 0.25) is 0 Å². The van der Waals surface area contributed by atoms with E-state index in [1.165, 1.54) is 17.0 Å². The molecule has 4 heteroatoms. The molecule has 1 N–H and O–H groups in total. The van der Waals surface area contributed by atoms with E-state index in [2.05, 4.69) is 33.1 Å². The number of hydrogen-bond donors (Lipinski definition) is 1. The van der Waals surface area contributed by atoms with Gasteiger partial charge >= 0.3 is 0 Å². The van der Waals surface area contributed by atoms with E-state index in [9.17, 15) is 0 Å². The second-order valence-electron chi connectivity index (χ2n) is 5.16. The summed E-state index contributed by atoms with van der Waals surface area (Å²) in [5.74, 6) is 1.02. The van der Waals surface area contributed by atoms with Crippen molar-refractivity contribution in [3.05, 3.63) is 47.5 Å². The van der Waals surface area contributed by atoms with Gasteiger partial charge in [0, 0.05) is 37.2 Å². The van der Waals surface area contributed by atoms with Crippen LogP contribution in [0.1, 0.15) is 29.4 Å². The number of nitrogens with one attached hydrogen (secondary N) is 1. The first kappa shape index (κ1) is 11.1. The quantitative estimate of drug-likeness (QED) is 0.846. The third-order valence-corrected chi connectivity index (χ3v) is 4.08. The van der Waals surface area contributed by atoms with E-state index in [0.717, 1.165) is 38.3 Å². The molecule has 19 heavy (non-hydrogen) atoms. The number of imidazole rings is 1. The smallest absolute Gasteiger partial charge is 0.124 e. The average Bonchev–Trinajstić information content (AvgIpc) is 2.90. The van der Waals surface area contributed by atoms with Crippen molar-refractivity contribution in [3.63, 3.8) is 0 Å². The van der Waals surface area contributed by atoms with Gasteiger partial charge in [0.1, 0.15) is 5.75 Å². The van der Waals surface area contributed by atoms with Gasteiger partial charge in [-0.15, -0.1) is 0 Å². The lowest BCUT2D eigenvalue weighted by Gasteiger charge is -2.29. The van der Waals surface area contributed by atoms with Gasteiger partial charge < -0.3 is 14.6 Å². The fourth-order valence-corrected chi connectivity index (χ4v) is 3.14. The first-order chi connectivity index (χ1) is 9.43. The molecule has 0 radical (unpaired) electrons. The Morgan fingerprint density at radius 1 is 1.32 bits per heavy atom. The minimum Gasteiger partial charge on any atom is -0.493 e. The molecule has 0 saturated heterocycles. The zero-order valence-corrected chi connectivity index (χ0v) is 10.8.